The molecule has 0 spiro atoms. The molecule has 118 valence electrons. The van der Waals surface area contributed by atoms with Crippen LogP contribution in [0.4, 0.5) is 0 Å². The lowest BCUT2D eigenvalue weighted by molar-refractivity contribution is 0.239. The zero-order valence-corrected chi connectivity index (χ0v) is 13.2. The van der Waals surface area contributed by atoms with Crippen molar-refractivity contribution in [2.24, 2.45) is 7.05 Å². The summed E-state index contributed by atoms with van der Waals surface area (Å²) in [5.74, 6) is 1.02. The number of hydrogen-bond acceptors (Lipinski definition) is 4. The van der Waals surface area contributed by atoms with Crippen molar-refractivity contribution in [3.05, 3.63) is 54.6 Å². The maximum Gasteiger partial charge on any atom is 0.120 e. The molecule has 3 aromatic rings. The van der Waals surface area contributed by atoms with Crippen molar-refractivity contribution in [2.45, 2.75) is 25.4 Å². The molecule has 3 aromatic heterocycles. The average Bonchev–Trinajstić information content (AvgIpc) is 3.30. The summed E-state index contributed by atoms with van der Waals surface area (Å²) in [4.78, 5) is 14.7. The number of pyridine rings is 1. The molecule has 6 heteroatoms. The molecule has 23 heavy (non-hydrogen) atoms. The molecule has 0 saturated carbocycles. The van der Waals surface area contributed by atoms with Gasteiger partial charge in [0.2, 0.25) is 0 Å². The van der Waals surface area contributed by atoms with E-state index >= 15 is 0 Å². The van der Waals surface area contributed by atoms with E-state index in [1.54, 1.807) is 6.20 Å². The Bertz CT molecular complexity index is 759. The van der Waals surface area contributed by atoms with Crippen LogP contribution in [0.15, 0.2) is 43.1 Å². The Morgan fingerprint density at radius 1 is 1.22 bits per heavy atom. The van der Waals surface area contributed by atoms with Crippen LogP contribution in [0.2, 0.25) is 0 Å². The molecule has 4 heterocycles. The molecule has 0 radical (unpaired) electrons. The lowest BCUT2D eigenvalue weighted by Crippen LogP contribution is -2.24. The number of hydrogen-bond donors (Lipinski definition) is 1. The minimum atomic E-state index is 0.378. The molecule has 1 aliphatic rings. The van der Waals surface area contributed by atoms with Crippen LogP contribution in [-0.4, -0.2) is 36.2 Å². The van der Waals surface area contributed by atoms with Gasteiger partial charge in [-0.05, 0) is 25.5 Å². The van der Waals surface area contributed by atoms with Crippen LogP contribution < -0.4 is 0 Å². The second kappa shape index (κ2) is 5.96. The SMILES string of the molecule is Cn1cc(-c2ccc([C@H]3CCCN3Cc3ncc[nH]3)nc2)cn1. The highest BCUT2D eigenvalue weighted by Gasteiger charge is 2.27. The third kappa shape index (κ3) is 2.90. The number of likely N-dealkylation sites (tertiary alicyclic amines) is 1. The first kappa shape index (κ1) is 14.1. The van der Waals surface area contributed by atoms with Crippen molar-refractivity contribution in [3.8, 4) is 11.1 Å². The fourth-order valence-corrected chi connectivity index (χ4v) is 3.27. The van der Waals surface area contributed by atoms with Crippen molar-refractivity contribution >= 4 is 0 Å². The van der Waals surface area contributed by atoms with E-state index in [0.29, 0.717) is 6.04 Å². The molecule has 0 amide bonds. The van der Waals surface area contributed by atoms with E-state index in [9.17, 15) is 0 Å². The van der Waals surface area contributed by atoms with Crippen LogP contribution in [0.1, 0.15) is 30.4 Å². The van der Waals surface area contributed by atoms with Crippen molar-refractivity contribution < 1.29 is 0 Å². The third-order valence-electron chi connectivity index (χ3n) is 4.44. The monoisotopic (exact) mass is 308 g/mol. The normalized spacial score (nSPS) is 18.6. The molecule has 1 atom stereocenters. The quantitative estimate of drug-likeness (QED) is 0.804. The summed E-state index contributed by atoms with van der Waals surface area (Å²) >= 11 is 0. The number of rotatable bonds is 4. The molecule has 0 aliphatic carbocycles. The highest BCUT2D eigenvalue weighted by molar-refractivity contribution is 5.60. The molecule has 6 nitrogen and oxygen atoms in total. The molecular weight excluding hydrogens is 288 g/mol. The summed E-state index contributed by atoms with van der Waals surface area (Å²) in [7, 11) is 1.93. The van der Waals surface area contributed by atoms with Gasteiger partial charge in [-0.15, -0.1) is 0 Å². The van der Waals surface area contributed by atoms with Gasteiger partial charge in [0.25, 0.3) is 0 Å². The Balaban J connectivity index is 1.52. The minimum Gasteiger partial charge on any atom is -0.348 e. The summed E-state index contributed by atoms with van der Waals surface area (Å²) in [6.45, 7) is 1.95. The fourth-order valence-electron chi connectivity index (χ4n) is 3.27. The minimum absolute atomic E-state index is 0.378. The Morgan fingerprint density at radius 2 is 2.17 bits per heavy atom. The highest BCUT2D eigenvalue weighted by atomic mass is 15.2. The lowest BCUT2D eigenvalue weighted by atomic mass is 10.1. The maximum atomic E-state index is 4.72. The third-order valence-corrected chi connectivity index (χ3v) is 4.44. The number of nitrogens with zero attached hydrogens (tertiary/aromatic N) is 5. The van der Waals surface area contributed by atoms with Gasteiger partial charge in [0, 0.05) is 43.0 Å². The second-order valence-electron chi connectivity index (χ2n) is 6.04. The van der Waals surface area contributed by atoms with E-state index in [1.165, 1.54) is 6.42 Å². The van der Waals surface area contributed by atoms with Crippen molar-refractivity contribution in [2.75, 3.05) is 6.54 Å². The summed E-state index contributed by atoms with van der Waals surface area (Å²) in [5, 5.41) is 4.22. The first-order valence-electron chi connectivity index (χ1n) is 7.97. The van der Waals surface area contributed by atoms with Gasteiger partial charge < -0.3 is 4.98 Å². The Morgan fingerprint density at radius 3 is 2.87 bits per heavy atom. The molecule has 1 fully saturated rings. The van der Waals surface area contributed by atoms with E-state index < -0.39 is 0 Å². The zero-order chi connectivity index (χ0) is 15.6. The number of nitrogens with one attached hydrogen (secondary N) is 1. The van der Waals surface area contributed by atoms with Crippen LogP contribution in [0.5, 0.6) is 0 Å². The number of aromatic nitrogens is 5. The first-order valence-corrected chi connectivity index (χ1v) is 7.97. The second-order valence-corrected chi connectivity index (χ2v) is 6.04. The van der Waals surface area contributed by atoms with E-state index in [0.717, 1.165) is 42.2 Å². The van der Waals surface area contributed by atoms with Crippen LogP contribution in [0.25, 0.3) is 11.1 Å². The summed E-state index contributed by atoms with van der Waals surface area (Å²) in [6, 6.07) is 4.67. The van der Waals surface area contributed by atoms with Gasteiger partial charge in [-0.2, -0.15) is 5.10 Å². The molecule has 1 aliphatic heterocycles. The summed E-state index contributed by atoms with van der Waals surface area (Å²) < 4.78 is 1.81. The summed E-state index contributed by atoms with van der Waals surface area (Å²) in [5.41, 5.74) is 3.35. The van der Waals surface area contributed by atoms with Crippen LogP contribution >= 0.6 is 0 Å². The topological polar surface area (TPSA) is 62.6 Å². The molecule has 1 N–H and O–H groups in total. The largest absolute Gasteiger partial charge is 0.348 e. The van der Waals surface area contributed by atoms with Gasteiger partial charge in [0.1, 0.15) is 5.82 Å². The predicted octanol–water partition coefficient (Wildman–Crippen LogP) is 2.54. The maximum absolute atomic E-state index is 4.72. The molecular formula is C17H20N6. The molecule has 0 bridgehead atoms. The van der Waals surface area contributed by atoms with Crippen LogP contribution in [0.3, 0.4) is 0 Å². The standard InChI is InChI=1S/C17H20N6/c1-22-11-14(10-21-22)13-4-5-15(20-9-13)16-3-2-8-23(16)12-17-18-6-7-19-17/h4-7,9-11,16H,2-3,8,12H2,1H3,(H,18,19)/t16-/m1/s1. The Kier molecular flexibility index (Phi) is 3.67. The average molecular weight is 308 g/mol. The number of aryl methyl sites for hydroxylation is 1. The lowest BCUT2D eigenvalue weighted by Gasteiger charge is -2.23. The molecule has 0 aromatic carbocycles. The van der Waals surface area contributed by atoms with E-state index in [2.05, 4.69) is 32.1 Å². The molecule has 1 saturated heterocycles. The van der Waals surface area contributed by atoms with Crippen molar-refractivity contribution in [3.63, 3.8) is 0 Å². The van der Waals surface area contributed by atoms with Gasteiger partial charge >= 0.3 is 0 Å². The number of aromatic amines is 1. The van der Waals surface area contributed by atoms with Gasteiger partial charge in [0.15, 0.2) is 0 Å². The number of imidazole rings is 1. The van der Waals surface area contributed by atoms with Gasteiger partial charge in [-0.3, -0.25) is 14.6 Å². The first-order chi connectivity index (χ1) is 11.3. The van der Waals surface area contributed by atoms with Crippen LogP contribution in [-0.2, 0) is 13.6 Å². The van der Waals surface area contributed by atoms with Gasteiger partial charge in [-0.25, -0.2) is 4.98 Å². The molecule has 0 unspecified atom stereocenters. The summed E-state index contributed by atoms with van der Waals surface area (Å²) in [6.07, 6.45) is 11.9. The van der Waals surface area contributed by atoms with E-state index in [-0.39, 0.29) is 0 Å². The zero-order valence-electron chi connectivity index (χ0n) is 13.2. The predicted molar refractivity (Wildman–Crippen MR) is 87.4 cm³/mol. The van der Waals surface area contributed by atoms with E-state index in [4.69, 9.17) is 4.98 Å². The smallest absolute Gasteiger partial charge is 0.120 e. The molecule has 4 rings (SSSR count). The van der Waals surface area contributed by atoms with Gasteiger partial charge in [0.05, 0.1) is 24.5 Å². The fraction of sp³-hybridized carbons (Fsp3) is 0.353. The van der Waals surface area contributed by atoms with Crippen molar-refractivity contribution in [1.82, 2.24) is 29.6 Å². The Hall–Kier alpha value is -2.47. The Labute approximate surface area is 135 Å². The van der Waals surface area contributed by atoms with E-state index in [1.807, 2.05) is 36.5 Å². The van der Waals surface area contributed by atoms with Gasteiger partial charge in [-0.1, -0.05) is 6.07 Å². The number of H-pyrrole nitrogens is 1. The highest BCUT2D eigenvalue weighted by Crippen LogP contribution is 2.32. The van der Waals surface area contributed by atoms with Crippen LogP contribution in [0, 0.1) is 0 Å². The van der Waals surface area contributed by atoms with Crippen molar-refractivity contribution in [1.29, 1.82) is 0 Å².